The second-order valence-corrected chi connectivity index (χ2v) is 4.75. The van der Waals surface area contributed by atoms with Gasteiger partial charge in [-0.05, 0) is 30.3 Å². The molecule has 1 N–H and O–H groups in total. The van der Waals surface area contributed by atoms with E-state index in [0.29, 0.717) is 6.07 Å². The second-order valence-electron chi connectivity index (χ2n) is 4.75. The van der Waals surface area contributed by atoms with Gasteiger partial charge >= 0.3 is 0 Å². The maximum atomic E-state index is 13.9. The largest absolute Gasteiger partial charge is 0.391 e. The summed E-state index contributed by atoms with van der Waals surface area (Å²) in [6.07, 6.45) is 0. The summed E-state index contributed by atoms with van der Waals surface area (Å²) >= 11 is 0. The zero-order chi connectivity index (χ0) is 16.6. The van der Waals surface area contributed by atoms with Gasteiger partial charge in [-0.25, -0.2) is 17.6 Å². The lowest BCUT2D eigenvalue weighted by Gasteiger charge is -2.04. The van der Waals surface area contributed by atoms with E-state index in [1.807, 2.05) is 0 Å². The van der Waals surface area contributed by atoms with Crippen LogP contribution < -0.4 is 0 Å². The summed E-state index contributed by atoms with van der Waals surface area (Å²) in [5.41, 5.74) is -0.513. The standard InChI is InChI=1S/C16H9F4NO2/c17-8-2-4-13(19)11(5-8)16-12(7-22)15(21-23-16)10-3-1-9(18)6-14(10)20/h1-6,22H,7H2. The molecule has 0 radical (unpaired) electrons. The number of nitrogens with zero attached hydrogens (tertiary/aromatic N) is 1. The maximum Gasteiger partial charge on any atom is 0.176 e. The van der Waals surface area contributed by atoms with Gasteiger partial charge in [-0.15, -0.1) is 0 Å². The molecule has 0 amide bonds. The van der Waals surface area contributed by atoms with E-state index in [-0.39, 0.29) is 28.1 Å². The molecule has 0 aliphatic heterocycles. The van der Waals surface area contributed by atoms with Gasteiger partial charge in [0, 0.05) is 11.6 Å². The molecule has 0 unspecified atom stereocenters. The minimum atomic E-state index is -0.917. The number of hydrogen-bond donors (Lipinski definition) is 1. The third-order valence-electron chi connectivity index (χ3n) is 3.31. The molecular formula is C16H9F4NO2. The van der Waals surface area contributed by atoms with Crippen molar-refractivity contribution in [1.29, 1.82) is 0 Å². The highest BCUT2D eigenvalue weighted by Gasteiger charge is 2.23. The molecule has 0 spiro atoms. The molecule has 3 rings (SSSR count). The molecule has 3 nitrogen and oxygen atoms in total. The van der Waals surface area contributed by atoms with Gasteiger partial charge in [-0.2, -0.15) is 0 Å². The van der Waals surface area contributed by atoms with Crippen molar-refractivity contribution in [2.24, 2.45) is 0 Å². The van der Waals surface area contributed by atoms with Gasteiger partial charge in [0.25, 0.3) is 0 Å². The molecule has 23 heavy (non-hydrogen) atoms. The molecule has 7 heteroatoms. The summed E-state index contributed by atoms with van der Waals surface area (Å²) in [6.45, 7) is -0.652. The van der Waals surface area contributed by atoms with E-state index in [1.54, 1.807) is 0 Å². The average molecular weight is 323 g/mol. The van der Waals surface area contributed by atoms with Crippen molar-refractivity contribution in [1.82, 2.24) is 5.16 Å². The van der Waals surface area contributed by atoms with Gasteiger partial charge < -0.3 is 9.63 Å². The van der Waals surface area contributed by atoms with Crippen LogP contribution in [0, 0.1) is 23.3 Å². The average Bonchev–Trinajstić information content (AvgIpc) is 2.93. The van der Waals surface area contributed by atoms with Crippen LogP contribution in [0.2, 0.25) is 0 Å². The van der Waals surface area contributed by atoms with Crippen LogP contribution in [0.5, 0.6) is 0 Å². The summed E-state index contributed by atoms with van der Waals surface area (Å²) in [7, 11) is 0. The topological polar surface area (TPSA) is 46.3 Å². The lowest BCUT2D eigenvalue weighted by molar-refractivity contribution is 0.281. The van der Waals surface area contributed by atoms with E-state index in [1.165, 1.54) is 0 Å². The Bertz CT molecular complexity index is 877. The third kappa shape index (κ3) is 2.70. The molecule has 0 aliphatic carbocycles. The Balaban J connectivity index is 2.19. The quantitative estimate of drug-likeness (QED) is 0.740. The predicted octanol–water partition coefficient (Wildman–Crippen LogP) is 4.06. The predicted molar refractivity (Wildman–Crippen MR) is 73.1 cm³/mol. The minimum absolute atomic E-state index is 0.0278. The van der Waals surface area contributed by atoms with Crippen LogP contribution in [0.1, 0.15) is 5.56 Å². The fourth-order valence-corrected chi connectivity index (χ4v) is 2.23. The molecule has 3 aromatic rings. The molecule has 0 saturated carbocycles. The number of aromatic nitrogens is 1. The van der Waals surface area contributed by atoms with Crippen molar-refractivity contribution in [2.75, 3.05) is 0 Å². The Morgan fingerprint density at radius 2 is 1.57 bits per heavy atom. The minimum Gasteiger partial charge on any atom is -0.391 e. The van der Waals surface area contributed by atoms with Crippen LogP contribution in [0.15, 0.2) is 40.9 Å². The fourth-order valence-electron chi connectivity index (χ4n) is 2.23. The molecule has 1 aromatic heterocycles. The van der Waals surface area contributed by atoms with Gasteiger partial charge in [-0.3, -0.25) is 0 Å². The van der Waals surface area contributed by atoms with Crippen molar-refractivity contribution in [3.63, 3.8) is 0 Å². The highest BCUT2D eigenvalue weighted by Crippen LogP contribution is 2.35. The molecule has 0 atom stereocenters. The van der Waals surface area contributed by atoms with Gasteiger partial charge in [0.05, 0.1) is 17.7 Å². The number of aliphatic hydroxyl groups is 1. The van der Waals surface area contributed by atoms with Gasteiger partial charge in [-0.1, -0.05) is 5.16 Å². The number of hydrogen-bond acceptors (Lipinski definition) is 3. The summed E-state index contributed by atoms with van der Waals surface area (Å²) in [5.74, 6) is -3.42. The number of benzene rings is 2. The van der Waals surface area contributed by atoms with Crippen molar-refractivity contribution in [2.45, 2.75) is 6.61 Å². The zero-order valence-electron chi connectivity index (χ0n) is 11.5. The van der Waals surface area contributed by atoms with Crippen molar-refractivity contribution in [3.05, 3.63) is 65.2 Å². The van der Waals surface area contributed by atoms with E-state index in [9.17, 15) is 22.7 Å². The summed E-state index contributed by atoms with van der Waals surface area (Å²) in [6, 6.07) is 5.47. The lowest BCUT2D eigenvalue weighted by Crippen LogP contribution is -1.94. The van der Waals surface area contributed by atoms with E-state index >= 15 is 0 Å². The van der Waals surface area contributed by atoms with E-state index in [0.717, 1.165) is 30.3 Å². The fraction of sp³-hybridized carbons (Fsp3) is 0.0625. The summed E-state index contributed by atoms with van der Waals surface area (Å²) < 4.78 is 59.0. The lowest BCUT2D eigenvalue weighted by atomic mass is 10.0. The van der Waals surface area contributed by atoms with E-state index in [2.05, 4.69) is 5.16 Å². The summed E-state index contributed by atoms with van der Waals surface area (Å²) in [4.78, 5) is 0. The van der Waals surface area contributed by atoms with Crippen molar-refractivity contribution < 1.29 is 27.2 Å². The van der Waals surface area contributed by atoms with Gasteiger partial charge in [0.15, 0.2) is 5.76 Å². The van der Waals surface area contributed by atoms with Crippen LogP contribution in [0.3, 0.4) is 0 Å². The van der Waals surface area contributed by atoms with Crippen molar-refractivity contribution in [3.8, 4) is 22.6 Å². The first-order chi connectivity index (χ1) is 11.0. The SMILES string of the molecule is OCc1c(-c2ccc(F)cc2F)noc1-c1cc(F)ccc1F. The van der Waals surface area contributed by atoms with Crippen LogP contribution in [0.4, 0.5) is 17.6 Å². The van der Waals surface area contributed by atoms with Crippen molar-refractivity contribution >= 4 is 0 Å². The smallest absolute Gasteiger partial charge is 0.176 e. The Kier molecular flexibility index (Phi) is 3.87. The Morgan fingerprint density at radius 1 is 0.870 bits per heavy atom. The number of rotatable bonds is 3. The molecule has 2 aromatic carbocycles. The number of halogens is 4. The molecular weight excluding hydrogens is 314 g/mol. The molecule has 1 heterocycles. The summed E-state index contributed by atoms with van der Waals surface area (Å²) in [5, 5.41) is 13.1. The monoisotopic (exact) mass is 323 g/mol. The molecule has 0 bridgehead atoms. The molecule has 0 saturated heterocycles. The molecule has 0 fully saturated rings. The van der Waals surface area contributed by atoms with E-state index < -0.39 is 29.9 Å². The van der Waals surface area contributed by atoms with Crippen LogP contribution in [0.25, 0.3) is 22.6 Å². The first-order valence-electron chi connectivity index (χ1n) is 6.51. The highest BCUT2D eigenvalue weighted by atomic mass is 19.1. The first kappa shape index (κ1) is 15.2. The third-order valence-corrected chi connectivity index (χ3v) is 3.31. The Morgan fingerprint density at radius 3 is 2.26 bits per heavy atom. The van der Waals surface area contributed by atoms with Gasteiger partial charge in [0.1, 0.15) is 29.0 Å². The van der Waals surface area contributed by atoms with Crippen LogP contribution >= 0.6 is 0 Å². The van der Waals surface area contributed by atoms with E-state index in [4.69, 9.17) is 4.52 Å². The number of aliphatic hydroxyl groups excluding tert-OH is 1. The van der Waals surface area contributed by atoms with Crippen LogP contribution in [-0.4, -0.2) is 10.3 Å². The Labute approximate surface area is 127 Å². The first-order valence-corrected chi connectivity index (χ1v) is 6.51. The molecule has 0 aliphatic rings. The molecule has 118 valence electrons. The maximum absolute atomic E-state index is 13.9. The van der Waals surface area contributed by atoms with Gasteiger partial charge in [0.2, 0.25) is 0 Å². The normalized spacial score (nSPS) is 11.0. The Hall–Kier alpha value is -2.67. The zero-order valence-corrected chi connectivity index (χ0v) is 11.5. The highest BCUT2D eigenvalue weighted by molar-refractivity contribution is 5.73. The van der Waals surface area contributed by atoms with Crippen LogP contribution in [-0.2, 0) is 6.61 Å². The second kappa shape index (κ2) is 5.85.